The Bertz CT molecular complexity index is 3400. The van der Waals surface area contributed by atoms with Crippen molar-refractivity contribution in [3.05, 3.63) is 161 Å². The number of likely N-dealkylation sites (tertiary alicyclic amines) is 1. The zero-order valence-electron chi connectivity index (χ0n) is 52.1. The van der Waals surface area contributed by atoms with E-state index in [4.69, 9.17) is 65.9 Å². The first-order valence-corrected chi connectivity index (χ1v) is 33.5. The largest absolute Gasteiger partial charge is 0.477 e. The summed E-state index contributed by atoms with van der Waals surface area (Å²) < 4.78 is 10.7. The van der Waals surface area contributed by atoms with E-state index < -0.39 is 23.1 Å². The highest BCUT2D eigenvalue weighted by molar-refractivity contribution is 8.18. The minimum absolute atomic E-state index is 0.00509. The summed E-state index contributed by atoms with van der Waals surface area (Å²) in [6.45, 7) is 18.9. The quantitative estimate of drug-likeness (QED) is 0.138. The summed E-state index contributed by atoms with van der Waals surface area (Å²) in [7, 11) is 8.15. The van der Waals surface area contributed by atoms with Gasteiger partial charge in [0.25, 0.3) is 5.91 Å². The lowest BCUT2D eigenvalue weighted by molar-refractivity contribution is -0.144. The van der Waals surface area contributed by atoms with Crippen molar-refractivity contribution in [1.29, 1.82) is 0 Å². The molecule has 12 rings (SSSR count). The van der Waals surface area contributed by atoms with Crippen molar-refractivity contribution in [2.45, 2.75) is 102 Å². The van der Waals surface area contributed by atoms with Crippen LogP contribution < -0.4 is 5.32 Å². The maximum atomic E-state index is 14.6. The Morgan fingerprint density at radius 1 is 0.584 bits per heavy atom. The molecule has 0 spiro atoms. The number of rotatable bonds is 12. The summed E-state index contributed by atoms with van der Waals surface area (Å²) in [5.74, 6) is -0.713. The van der Waals surface area contributed by atoms with E-state index >= 15 is 0 Å². The lowest BCUT2D eigenvalue weighted by atomic mass is 9.81. The predicted octanol–water partition coefficient (Wildman–Crippen LogP) is 11.1. The molecule has 2 N–H and O–H groups in total. The highest BCUT2D eigenvalue weighted by Gasteiger charge is 2.56. The van der Waals surface area contributed by atoms with E-state index in [1.165, 1.54) is 23.5 Å². The molecule has 476 valence electrons. The van der Waals surface area contributed by atoms with Crippen LogP contribution in [0.15, 0.2) is 128 Å². The number of ether oxygens (including phenoxy) is 2. The molecule has 8 heterocycles. The van der Waals surface area contributed by atoms with E-state index in [0.717, 1.165) is 64.9 Å². The van der Waals surface area contributed by atoms with Gasteiger partial charge < -0.3 is 54.2 Å². The monoisotopic (exact) mass is 1330 g/mol. The number of halogens is 4. The van der Waals surface area contributed by atoms with Crippen LogP contribution in [0.2, 0.25) is 20.1 Å². The van der Waals surface area contributed by atoms with Gasteiger partial charge in [-0.05, 0) is 161 Å². The number of carboxylic acid groups (broad SMARTS) is 1. The third-order valence-corrected chi connectivity index (χ3v) is 21.2. The summed E-state index contributed by atoms with van der Waals surface area (Å²) in [6, 6.07) is 30.8. The minimum atomic E-state index is -0.918. The van der Waals surface area contributed by atoms with Crippen LogP contribution in [0.1, 0.15) is 88.7 Å². The summed E-state index contributed by atoms with van der Waals surface area (Å²) in [4.78, 5) is 78.1. The van der Waals surface area contributed by atoms with Gasteiger partial charge >= 0.3 is 5.97 Å². The third kappa shape index (κ3) is 13.8. The van der Waals surface area contributed by atoms with Crippen LogP contribution in [-0.2, 0) is 39.7 Å². The highest BCUT2D eigenvalue weighted by Crippen LogP contribution is 2.58. The number of likely N-dealkylation sites (N-methyl/N-ethyl adjacent to an activating group) is 2. The van der Waals surface area contributed by atoms with Gasteiger partial charge in [0.2, 0.25) is 11.8 Å². The predicted molar refractivity (Wildman–Crippen MR) is 357 cm³/mol. The molecule has 8 atom stereocenters. The Labute approximate surface area is 551 Å². The molecular formula is C66H80Cl4N10O7S2. The van der Waals surface area contributed by atoms with Gasteiger partial charge in [-0.2, -0.15) is 0 Å². The smallest absolute Gasteiger partial charge is 0.344 e. The van der Waals surface area contributed by atoms with Crippen molar-refractivity contribution in [3.63, 3.8) is 0 Å². The first kappa shape index (κ1) is 66.8. The summed E-state index contributed by atoms with van der Waals surface area (Å²) in [5, 5.41) is 17.2. The van der Waals surface area contributed by atoms with Crippen LogP contribution >= 0.6 is 69.9 Å². The number of carboxylic acids is 1. The van der Waals surface area contributed by atoms with Gasteiger partial charge in [-0.15, -0.1) is 0 Å². The van der Waals surface area contributed by atoms with Crippen LogP contribution in [-0.4, -0.2) is 191 Å². The van der Waals surface area contributed by atoms with Gasteiger partial charge in [0, 0.05) is 82.8 Å². The van der Waals surface area contributed by atoms with E-state index in [-0.39, 0.29) is 53.7 Å². The standard InChI is InChI=1S/C33H39Cl2N5O3S.C22H20Cl2N2O2S.C11H21N3O2/c1-20(2)27-28(31(42)39-19-25(37(4)5)18-26(39)30(41)38-14-16-43-17-15-38)44-32-36-33(3,22-8-12-24(35)13-9-22)29(40(27)32)21-6-10-23(34)11-7-21;1-12(2)17-18(20(27)28)29-21-25-22(3,14-6-10-16(24)11-7-14)19(26(17)21)13-4-8-15(23)9-5-13;1-13(2)9-7-10(12-8-9)11(15)14-3-5-16-6-4-14/h6-13,20,25-26,29H,14-19H2,1-5H3;4-12,19H,1-3H3,(H,27,28);9-10,12H,3-8H2,1-2H3/t25-,26-,29+,33-;19-,22+;9-,10-/m010/s1. The molecule has 23 heteroatoms. The highest BCUT2D eigenvalue weighted by atomic mass is 35.5. The molecule has 0 saturated carbocycles. The van der Waals surface area contributed by atoms with Crippen molar-refractivity contribution in [1.82, 2.24) is 39.6 Å². The molecule has 0 radical (unpaired) electrons. The first-order chi connectivity index (χ1) is 42.4. The number of benzene rings is 4. The van der Waals surface area contributed by atoms with Gasteiger partial charge in [0.05, 0.1) is 44.6 Å². The fourth-order valence-electron chi connectivity index (χ4n) is 13.2. The fourth-order valence-corrected chi connectivity index (χ4v) is 16.3. The van der Waals surface area contributed by atoms with Gasteiger partial charge in [-0.25, -0.2) is 14.8 Å². The van der Waals surface area contributed by atoms with E-state index in [1.54, 1.807) is 0 Å². The number of amides is 3. The van der Waals surface area contributed by atoms with Crippen molar-refractivity contribution in [2.75, 3.05) is 93.9 Å². The molecule has 0 unspecified atom stereocenters. The van der Waals surface area contributed by atoms with Crippen LogP contribution in [0.4, 0.5) is 0 Å². The van der Waals surface area contributed by atoms with Crippen LogP contribution in [0.25, 0.3) is 0 Å². The van der Waals surface area contributed by atoms with Gasteiger partial charge in [-0.3, -0.25) is 14.4 Å². The zero-order valence-corrected chi connectivity index (χ0v) is 56.7. The maximum absolute atomic E-state index is 14.6. The number of thioether (sulfide) groups is 2. The number of aliphatic carboxylic acids is 1. The van der Waals surface area contributed by atoms with E-state index in [0.29, 0.717) is 93.6 Å². The van der Waals surface area contributed by atoms with E-state index in [2.05, 4.69) is 66.7 Å². The molecule has 4 aromatic carbocycles. The number of carbonyl (C=O) groups is 4. The van der Waals surface area contributed by atoms with Crippen molar-refractivity contribution >= 4 is 104 Å². The Hall–Kier alpha value is -5.16. The average Bonchev–Trinajstić information content (AvgIpc) is 1.58. The maximum Gasteiger partial charge on any atom is 0.344 e. The zero-order chi connectivity index (χ0) is 63.8. The molecule has 0 aromatic heterocycles. The number of allylic oxidation sites excluding steroid dienone is 2. The molecule has 3 amide bonds. The summed E-state index contributed by atoms with van der Waals surface area (Å²) >= 11 is 27.5. The number of hydrogen-bond acceptors (Lipinski definition) is 15. The van der Waals surface area contributed by atoms with Gasteiger partial charge in [0.1, 0.15) is 26.9 Å². The molecule has 4 aromatic rings. The summed E-state index contributed by atoms with van der Waals surface area (Å²) in [5.41, 5.74) is 4.59. The number of morpholine rings is 2. The number of carbonyl (C=O) groups excluding carboxylic acids is 3. The lowest BCUT2D eigenvalue weighted by Crippen LogP contribution is -2.51. The van der Waals surface area contributed by atoms with Gasteiger partial charge in [-0.1, -0.05) is 123 Å². The molecule has 17 nitrogen and oxygen atoms in total. The lowest BCUT2D eigenvalue weighted by Gasteiger charge is -2.37. The molecule has 8 aliphatic rings. The second-order valence-electron chi connectivity index (χ2n) is 25.0. The van der Waals surface area contributed by atoms with Crippen molar-refractivity contribution in [3.8, 4) is 0 Å². The topological polar surface area (TPSA) is 166 Å². The third-order valence-electron chi connectivity index (χ3n) is 18.1. The summed E-state index contributed by atoms with van der Waals surface area (Å²) in [6.07, 6.45) is 1.53. The number of nitrogens with one attached hydrogen (secondary N) is 1. The second-order valence-corrected chi connectivity index (χ2v) is 28.7. The Kier molecular flexibility index (Phi) is 21.0. The molecule has 0 bridgehead atoms. The molecule has 8 aliphatic heterocycles. The number of hydrogen-bond donors (Lipinski definition) is 2. The number of fused-ring (bicyclic) bond motifs is 2. The Balaban J connectivity index is 0.000000165. The van der Waals surface area contributed by atoms with Crippen LogP contribution in [0.5, 0.6) is 0 Å². The number of aliphatic imine (C=N–C) groups is 2. The van der Waals surface area contributed by atoms with Crippen LogP contribution in [0, 0.1) is 11.8 Å². The van der Waals surface area contributed by atoms with Crippen molar-refractivity contribution < 1.29 is 33.8 Å². The molecule has 4 fully saturated rings. The first-order valence-electron chi connectivity index (χ1n) is 30.4. The second kappa shape index (κ2) is 28.0. The fraction of sp³-hybridized carbons (Fsp3) is 0.485. The minimum Gasteiger partial charge on any atom is -0.477 e. The SMILES string of the molecule is CC(C)C1=C(C(=O)N2C[C@@H](N(C)C)C[C@H]2C(=O)N2CCOCC2)SC2=N[C@@](C)(c3ccc(Cl)cc3)[C@@H](c3ccc(Cl)cc3)N21.CC(C)C1=C(C(=O)O)SC2=N[C@@](C)(c3ccc(Cl)cc3)[C@@H](c3ccc(Cl)cc3)N21.CN(C)[C@@H]1CN[C@H](C(=O)N2CCOCC2)C1. The van der Waals surface area contributed by atoms with Crippen LogP contribution in [0.3, 0.4) is 0 Å². The molecule has 89 heavy (non-hydrogen) atoms. The normalized spacial score (nSPS) is 26.7. The van der Waals surface area contributed by atoms with E-state index in [9.17, 15) is 24.3 Å². The Morgan fingerprint density at radius 2 is 0.978 bits per heavy atom. The molecular weight excluding hydrogens is 1250 g/mol. The number of nitrogens with zero attached hydrogens (tertiary/aromatic N) is 9. The van der Waals surface area contributed by atoms with Gasteiger partial charge in [0.15, 0.2) is 10.3 Å². The number of amidine groups is 2. The molecule has 0 aliphatic carbocycles. The molecule has 4 saturated heterocycles. The van der Waals surface area contributed by atoms with E-state index in [1.807, 2.05) is 140 Å². The average molecular weight is 1330 g/mol. The Morgan fingerprint density at radius 3 is 1.37 bits per heavy atom. The van der Waals surface area contributed by atoms with Crippen molar-refractivity contribution in [2.24, 2.45) is 21.8 Å².